The Kier molecular flexibility index (Phi) is 3.69. The molecule has 3 rings (SSSR count). The smallest absolute Gasteiger partial charge is 0.0588 e. The Labute approximate surface area is 125 Å². The first-order chi connectivity index (χ1) is 9.29. The number of halogens is 1. The topological polar surface area (TPSA) is 12.0 Å². The zero-order valence-electron chi connectivity index (χ0n) is 10.6. The molecule has 96 valence electrons. The Morgan fingerprint density at radius 1 is 1.05 bits per heavy atom. The monoisotopic (exact) mass is 331 g/mol. The zero-order valence-corrected chi connectivity index (χ0v) is 13.0. The van der Waals surface area contributed by atoms with Crippen LogP contribution < -0.4 is 5.32 Å². The van der Waals surface area contributed by atoms with E-state index in [1.165, 1.54) is 21.2 Å². The van der Waals surface area contributed by atoms with Crippen molar-refractivity contribution in [3.8, 4) is 0 Å². The number of nitrogens with one attached hydrogen (secondary N) is 1. The Morgan fingerprint density at radius 3 is 2.53 bits per heavy atom. The van der Waals surface area contributed by atoms with Crippen LogP contribution in [0.5, 0.6) is 0 Å². The molecule has 1 aromatic heterocycles. The van der Waals surface area contributed by atoms with Crippen molar-refractivity contribution in [2.24, 2.45) is 0 Å². The SMILES string of the molecule is CNC(c1ccc(Br)cc1)c1csc2ccccc12. The van der Waals surface area contributed by atoms with Crippen LogP contribution in [0.1, 0.15) is 17.2 Å². The molecule has 1 atom stereocenters. The van der Waals surface area contributed by atoms with Crippen molar-refractivity contribution in [1.82, 2.24) is 5.32 Å². The van der Waals surface area contributed by atoms with Crippen LogP contribution in [0.2, 0.25) is 0 Å². The molecule has 2 aromatic carbocycles. The summed E-state index contributed by atoms with van der Waals surface area (Å²) in [5.41, 5.74) is 2.64. The number of rotatable bonds is 3. The quantitative estimate of drug-likeness (QED) is 0.714. The highest BCUT2D eigenvalue weighted by Crippen LogP contribution is 2.33. The summed E-state index contributed by atoms with van der Waals surface area (Å²) in [7, 11) is 2.01. The van der Waals surface area contributed by atoms with Gasteiger partial charge in [0.2, 0.25) is 0 Å². The molecular weight excluding hydrogens is 318 g/mol. The average molecular weight is 332 g/mol. The molecule has 0 amide bonds. The highest BCUT2D eigenvalue weighted by atomic mass is 79.9. The largest absolute Gasteiger partial charge is 0.309 e. The second-order valence-corrected chi connectivity index (χ2v) is 6.29. The fraction of sp³-hybridized carbons (Fsp3) is 0.125. The van der Waals surface area contributed by atoms with E-state index in [0.717, 1.165) is 4.47 Å². The maximum absolute atomic E-state index is 3.49. The van der Waals surface area contributed by atoms with Gasteiger partial charge >= 0.3 is 0 Å². The van der Waals surface area contributed by atoms with Crippen LogP contribution in [-0.2, 0) is 0 Å². The van der Waals surface area contributed by atoms with Crippen LogP contribution in [0, 0.1) is 0 Å². The van der Waals surface area contributed by atoms with Crippen molar-refractivity contribution in [3.63, 3.8) is 0 Å². The number of hydrogen-bond donors (Lipinski definition) is 1. The van der Waals surface area contributed by atoms with Gasteiger partial charge in [-0.05, 0) is 47.1 Å². The van der Waals surface area contributed by atoms with Crippen LogP contribution in [0.3, 0.4) is 0 Å². The molecule has 0 aliphatic carbocycles. The second-order valence-electron chi connectivity index (χ2n) is 4.46. The first-order valence-corrected chi connectivity index (χ1v) is 7.85. The van der Waals surface area contributed by atoms with Gasteiger partial charge in [0.1, 0.15) is 0 Å². The summed E-state index contributed by atoms with van der Waals surface area (Å²) in [5.74, 6) is 0. The van der Waals surface area contributed by atoms with Crippen molar-refractivity contribution < 1.29 is 0 Å². The Hall–Kier alpha value is -1.16. The third-order valence-corrected chi connectivity index (χ3v) is 4.82. The lowest BCUT2D eigenvalue weighted by Crippen LogP contribution is -2.17. The predicted octanol–water partition coefficient (Wildman–Crippen LogP) is 4.97. The molecule has 1 nitrogen and oxygen atoms in total. The zero-order chi connectivity index (χ0) is 13.2. The van der Waals surface area contributed by atoms with E-state index >= 15 is 0 Å². The molecule has 0 aliphatic rings. The van der Waals surface area contributed by atoms with Gasteiger partial charge < -0.3 is 5.32 Å². The maximum atomic E-state index is 3.49. The molecule has 1 N–H and O–H groups in total. The first-order valence-electron chi connectivity index (χ1n) is 6.18. The molecule has 0 spiro atoms. The van der Waals surface area contributed by atoms with E-state index in [-0.39, 0.29) is 6.04 Å². The highest BCUT2D eigenvalue weighted by Gasteiger charge is 2.15. The van der Waals surface area contributed by atoms with Crippen molar-refractivity contribution in [2.45, 2.75) is 6.04 Å². The summed E-state index contributed by atoms with van der Waals surface area (Å²) in [6, 6.07) is 17.3. The molecular formula is C16H14BrNS. The van der Waals surface area contributed by atoms with Gasteiger partial charge in [0, 0.05) is 9.17 Å². The van der Waals surface area contributed by atoms with Crippen LogP contribution in [-0.4, -0.2) is 7.05 Å². The normalized spacial score (nSPS) is 12.7. The first kappa shape index (κ1) is 12.9. The molecule has 0 radical (unpaired) electrons. The summed E-state index contributed by atoms with van der Waals surface area (Å²) in [6.07, 6.45) is 0. The lowest BCUT2D eigenvalue weighted by Gasteiger charge is -2.16. The predicted molar refractivity (Wildman–Crippen MR) is 86.9 cm³/mol. The van der Waals surface area contributed by atoms with E-state index in [4.69, 9.17) is 0 Å². The summed E-state index contributed by atoms with van der Waals surface area (Å²) in [4.78, 5) is 0. The third-order valence-electron chi connectivity index (χ3n) is 3.31. The van der Waals surface area contributed by atoms with Crippen molar-refractivity contribution in [2.75, 3.05) is 7.05 Å². The number of benzene rings is 2. The Balaban J connectivity index is 2.09. The highest BCUT2D eigenvalue weighted by molar-refractivity contribution is 9.10. The van der Waals surface area contributed by atoms with Gasteiger partial charge in [0.05, 0.1) is 6.04 Å². The molecule has 0 bridgehead atoms. The van der Waals surface area contributed by atoms with E-state index in [1.54, 1.807) is 11.3 Å². The fourth-order valence-electron chi connectivity index (χ4n) is 2.38. The van der Waals surface area contributed by atoms with Crippen LogP contribution in [0.15, 0.2) is 58.4 Å². The molecule has 3 heteroatoms. The Bertz CT molecular complexity index is 687. The summed E-state index contributed by atoms with van der Waals surface area (Å²) in [6.45, 7) is 0. The van der Waals surface area contributed by atoms with E-state index < -0.39 is 0 Å². The van der Waals surface area contributed by atoms with Gasteiger partial charge in [-0.25, -0.2) is 0 Å². The maximum Gasteiger partial charge on any atom is 0.0588 e. The van der Waals surface area contributed by atoms with E-state index in [1.807, 2.05) is 7.05 Å². The second kappa shape index (κ2) is 5.45. The van der Waals surface area contributed by atoms with Gasteiger partial charge in [0.15, 0.2) is 0 Å². The minimum Gasteiger partial charge on any atom is -0.309 e. The molecule has 0 saturated heterocycles. The van der Waals surface area contributed by atoms with E-state index in [9.17, 15) is 0 Å². The van der Waals surface area contributed by atoms with Crippen LogP contribution >= 0.6 is 27.3 Å². The fourth-order valence-corrected chi connectivity index (χ4v) is 3.63. The van der Waals surface area contributed by atoms with Crippen molar-refractivity contribution >= 4 is 37.4 Å². The molecule has 0 fully saturated rings. The third kappa shape index (κ3) is 2.46. The van der Waals surface area contributed by atoms with Crippen molar-refractivity contribution in [1.29, 1.82) is 0 Å². The molecule has 0 saturated carbocycles. The van der Waals surface area contributed by atoms with Gasteiger partial charge in [-0.1, -0.05) is 46.3 Å². The van der Waals surface area contributed by atoms with Gasteiger partial charge in [-0.3, -0.25) is 0 Å². The summed E-state index contributed by atoms with van der Waals surface area (Å²) < 4.78 is 2.45. The van der Waals surface area contributed by atoms with Crippen LogP contribution in [0.25, 0.3) is 10.1 Å². The lowest BCUT2D eigenvalue weighted by molar-refractivity contribution is 0.698. The average Bonchev–Trinajstić information content (AvgIpc) is 2.86. The van der Waals surface area contributed by atoms with E-state index in [0.29, 0.717) is 0 Å². The number of fused-ring (bicyclic) bond motifs is 1. The van der Waals surface area contributed by atoms with E-state index in [2.05, 4.69) is 75.2 Å². The molecule has 3 aromatic rings. The number of hydrogen-bond acceptors (Lipinski definition) is 2. The minimum absolute atomic E-state index is 0.240. The summed E-state index contributed by atoms with van der Waals surface area (Å²) >= 11 is 5.29. The minimum atomic E-state index is 0.240. The summed E-state index contributed by atoms with van der Waals surface area (Å²) in [5, 5.41) is 7.02. The van der Waals surface area contributed by atoms with Gasteiger partial charge in [-0.15, -0.1) is 11.3 Å². The van der Waals surface area contributed by atoms with Crippen LogP contribution in [0.4, 0.5) is 0 Å². The molecule has 19 heavy (non-hydrogen) atoms. The molecule has 1 unspecified atom stereocenters. The van der Waals surface area contributed by atoms with Crippen molar-refractivity contribution in [3.05, 3.63) is 69.5 Å². The number of thiophene rings is 1. The molecule has 1 heterocycles. The molecule has 0 aliphatic heterocycles. The lowest BCUT2D eigenvalue weighted by atomic mass is 9.98. The Morgan fingerprint density at radius 2 is 1.79 bits per heavy atom. The van der Waals surface area contributed by atoms with Gasteiger partial charge in [0.25, 0.3) is 0 Å². The standard InChI is InChI=1S/C16H14BrNS/c1-18-16(11-6-8-12(17)9-7-11)14-10-19-15-5-3-2-4-13(14)15/h2-10,16,18H,1H3. The van der Waals surface area contributed by atoms with Gasteiger partial charge in [-0.2, -0.15) is 0 Å².